The summed E-state index contributed by atoms with van der Waals surface area (Å²) in [5.41, 5.74) is 2.44. The van der Waals surface area contributed by atoms with Crippen LogP contribution in [0.5, 0.6) is 5.75 Å². The lowest BCUT2D eigenvalue weighted by Crippen LogP contribution is -2.03. The molecule has 1 fully saturated rings. The number of rotatable bonds is 4. The van der Waals surface area contributed by atoms with Crippen molar-refractivity contribution in [3.05, 3.63) is 29.3 Å². The summed E-state index contributed by atoms with van der Waals surface area (Å²) in [6.45, 7) is 4.82. The van der Waals surface area contributed by atoms with Crippen molar-refractivity contribution in [2.75, 3.05) is 6.61 Å². The van der Waals surface area contributed by atoms with Gasteiger partial charge in [-0.3, -0.25) is 0 Å². The van der Waals surface area contributed by atoms with E-state index in [4.69, 9.17) is 4.74 Å². The maximum Gasteiger partial charge on any atom is 0.123 e. The monoisotopic (exact) mass is 204 g/mol. The van der Waals surface area contributed by atoms with E-state index in [1.165, 1.54) is 11.1 Å². The van der Waals surface area contributed by atoms with E-state index in [1.807, 2.05) is 12.1 Å². The second-order valence-corrected chi connectivity index (χ2v) is 4.30. The Kier molecular flexibility index (Phi) is 2.76. The molecule has 80 valence electrons. The lowest BCUT2D eigenvalue weighted by molar-refractivity contribution is -0.109. The highest BCUT2D eigenvalue weighted by molar-refractivity contribution is 5.58. The first-order chi connectivity index (χ1) is 7.22. The highest BCUT2D eigenvalue weighted by Gasteiger charge is 2.37. The molecule has 0 bridgehead atoms. The van der Waals surface area contributed by atoms with Crippen LogP contribution in [0.4, 0.5) is 0 Å². The molecular weight excluding hydrogens is 188 g/mol. The van der Waals surface area contributed by atoms with Gasteiger partial charge >= 0.3 is 0 Å². The van der Waals surface area contributed by atoms with Crippen LogP contribution >= 0.6 is 0 Å². The Bertz CT molecular complexity index is 371. The molecule has 1 aliphatic carbocycles. The zero-order chi connectivity index (χ0) is 10.8. The zero-order valence-corrected chi connectivity index (χ0v) is 9.19. The van der Waals surface area contributed by atoms with Gasteiger partial charge in [-0.15, -0.1) is 0 Å². The number of hydrogen-bond acceptors (Lipinski definition) is 2. The minimum absolute atomic E-state index is 0.245. The Morgan fingerprint density at radius 1 is 1.47 bits per heavy atom. The second-order valence-electron chi connectivity index (χ2n) is 4.30. The van der Waals surface area contributed by atoms with E-state index in [0.29, 0.717) is 12.5 Å². The summed E-state index contributed by atoms with van der Waals surface area (Å²) >= 11 is 0. The molecule has 2 unspecified atom stereocenters. The van der Waals surface area contributed by atoms with Crippen molar-refractivity contribution in [1.29, 1.82) is 0 Å². The van der Waals surface area contributed by atoms with Gasteiger partial charge in [0.15, 0.2) is 0 Å². The molecule has 15 heavy (non-hydrogen) atoms. The maximum absolute atomic E-state index is 10.5. The third kappa shape index (κ3) is 2.20. The minimum Gasteiger partial charge on any atom is -0.493 e. The SMILES string of the molecule is Cc1cccc(OCC2CC2C=O)c1C. The number of carbonyl (C=O) groups excluding carboxylic acids is 1. The number of aryl methyl sites for hydroxylation is 1. The Balaban J connectivity index is 1.94. The summed E-state index contributed by atoms with van der Waals surface area (Å²) < 4.78 is 5.71. The average molecular weight is 204 g/mol. The van der Waals surface area contributed by atoms with E-state index in [-0.39, 0.29) is 5.92 Å². The van der Waals surface area contributed by atoms with Crippen molar-refractivity contribution in [2.24, 2.45) is 11.8 Å². The zero-order valence-electron chi connectivity index (χ0n) is 9.19. The highest BCUT2D eigenvalue weighted by atomic mass is 16.5. The average Bonchev–Trinajstić information content (AvgIpc) is 2.99. The van der Waals surface area contributed by atoms with E-state index >= 15 is 0 Å². The molecule has 1 saturated carbocycles. The molecule has 1 aromatic rings. The van der Waals surface area contributed by atoms with E-state index in [1.54, 1.807) is 0 Å². The quantitative estimate of drug-likeness (QED) is 0.704. The molecule has 0 aliphatic heterocycles. The van der Waals surface area contributed by atoms with Crippen LogP contribution in [0.25, 0.3) is 0 Å². The molecule has 1 aliphatic rings. The van der Waals surface area contributed by atoms with Gasteiger partial charge in [0.05, 0.1) is 6.61 Å². The van der Waals surface area contributed by atoms with Crippen LogP contribution in [0, 0.1) is 25.7 Å². The van der Waals surface area contributed by atoms with Crippen molar-refractivity contribution in [3.63, 3.8) is 0 Å². The third-order valence-corrected chi connectivity index (χ3v) is 3.16. The van der Waals surface area contributed by atoms with E-state index < -0.39 is 0 Å². The number of ether oxygens (including phenoxy) is 1. The van der Waals surface area contributed by atoms with Crippen molar-refractivity contribution in [3.8, 4) is 5.75 Å². The van der Waals surface area contributed by atoms with Crippen LogP contribution < -0.4 is 4.74 Å². The molecule has 1 aromatic carbocycles. The predicted octanol–water partition coefficient (Wildman–Crippen LogP) is 2.52. The third-order valence-electron chi connectivity index (χ3n) is 3.16. The molecule has 2 heteroatoms. The molecule has 2 rings (SSSR count). The van der Waals surface area contributed by atoms with Gasteiger partial charge in [0.2, 0.25) is 0 Å². The summed E-state index contributed by atoms with van der Waals surface area (Å²) in [5, 5.41) is 0. The lowest BCUT2D eigenvalue weighted by Gasteiger charge is -2.10. The van der Waals surface area contributed by atoms with E-state index in [0.717, 1.165) is 18.5 Å². The van der Waals surface area contributed by atoms with Crippen molar-refractivity contribution in [1.82, 2.24) is 0 Å². The van der Waals surface area contributed by atoms with Crippen LogP contribution in [-0.4, -0.2) is 12.9 Å². The van der Waals surface area contributed by atoms with Gasteiger partial charge in [0.1, 0.15) is 12.0 Å². The normalized spacial score (nSPS) is 23.6. The highest BCUT2D eigenvalue weighted by Crippen LogP contribution is 2.37. The van der Waals surface area contributed by atoms with Gasteiger partial charge < -0.3 is 9.53 Å². The molecule has 0 amide bonds. The smallest absolute Gasteiger partial charge is 0.123 e. The fourth-order valence-corrected chi connectivity index (χ4v) is 1.71. The van der Waals surface area contributed by atoms with Crippen LogP contribution in [0.1, 0.15) is 17.5 Å². The minimum atomic E-state index is 0.245. The maximum atomic E-state index is 10.5. The molecule has 0 N–H and O–H groups in total. The topological polar surface area (TPSA) is 26.3 Å². The number of aldehydes is 1. The summed E-state index contributed by atoms with van der Waals surface area (Å²) in [5.74, 6) is 1.64. The summed E-state index contributed by atoms with van der Waals surface area (Å²) in [4.78, 5) is 10.5. The van der Waals surface area contributed by atoms with Crippen molar-refractivity contribution in [2.45, 2.75) is 20.3 Å². The molecule has 0 saturated heterocycles. The predicted molar refractivity (Wildman–Crippen MR) is 59.1 cm³/mol. The van der Waals surface area contributed by atoms with Gasteiger partial charge in [-0.1, -0.05) is 12.1 Å². The Labute approximate surface area is 90.3 Å². The summed E-state index contributed by atoms with van der Waals surface area (Å²) in [6, 6.07) is 6.07. The molecular formula is C13H16O2. The molecule has 0 radical (unpaired) electrons. The van der Waals surface area contributed by atoms with Crippen molar-refractivity contribution < 1.29 is 9.53 Å². The first kappa shape index (κ1) is 10.2. The van der Waals surface area contributed by atoms with Gasteiger partial charge in [-0.2, -0.15) is 0 Å². The van der Waals surface area contributed by atoms with Crippen LogP contribution in [0.2, 0.25) is 0 Å². The Morgan fingerprint density at radius 3 is 2.93 bits per heavy atom. The number of hydrogen-bond donors (Lipinski definition) is 0. The molecule has 0 heterocycles. The van der Waals surface area contributed by atoms with E-state index in [2.05, 4.69) is 19.9 Å². The summed E-state index contributed by atoms with van der Waals surface area (Å²) in [6.07, 6.45) is 2.03. The van der Waals surface area contributed by atoms with Gasteiger partial charge in [-0.05, 0) is 37.5 Å². The second kappa shape index (κ2) is 4.05. The molecule has 2 nitrogen and oxygen atoms in total. The molecule has 0 spiro atoms. The van der Waals surface area contributed by atoms with Gasteiger partial charge in [0.25, 0.3) is 0 Å². The van der Waals surface area contributed by atoms with Crippen molar-refractivity contribution >= 4 is 6.29 Å². The largest absolute Gasteiger partial charge is 0.493 e. The fourth-order valence-electron chi connectivity index (χ4n) is 1.71. The lowest BCUT2D eigenvalue weighted by atomic mass is 10.1. The van der Waals surface area contributed by atoms with Crippen LogP contribution in [-0.2, 0) is 4.79 Å². The van der Waals surface area contributed by atoms with Crippen LogP contribution in [0.15, 0.2) is 18.2 Å². The van der Waals surface area contributed by atoms with Crippen LogP contribution in [0.3, 0.4) is 0 Å². The Morgan fingerprint density at radius 2 is 2.27 bits per heavy atom. The molecule has 0 aromatic heterocycles. The molecule has 2 atom stereocenters. The first-order valence-electron chi connectivity index (χ1n) is 5.36. The fraction of sp³-hybridized carbons (Fsp3) is 0.462. The van der Waals surface area contributed by atoms with Gasteiger partial charge in [-0.25, -0.2) is 0 Å². The Hall–Kier alpha value is -1.31. The number of benzene rings is 1. The standard InChI is InChI=1S/C13H16O2/c1-9-4-3-5-13(10(9)2)15-8-12-6-11(12)7-14/h3-5,7,11-12H,6,8H2,1-2H3. The van der Waals surface area contributed by atoms with E-state index in [9.17, 15) is 4.79 Å². The van der Waals surface area contributed by atoms with Gasteiger partial charge in [0, 0.05) is 11.8 Å². The first-order valence-corrected chi connectivity index (χ1v) is 5.36. The number of carbonyl (C=O) groups is 1. The summed E-state index contributed by atoms with van der Waals surface area (Å²) in [7, 11) is 0.